The zero-order chi connectivity index (χ0) is 18.1. The number of hydrogen-bond acceptors (Lipinski definition) is 3. The molecule has 6 nitrogen and oxygen atoms in total. The molecule has 0 bridgehead atoms. The van der Waals surface area contributed by atoms with Gasteiger partial charge in [-0.2, -0.15) is 13.2 Å². The van der Waals surface area contributed by atoms with Crippen molar-refractivity contribution in [3.63, 3.8) is 0 Å². The number of hydrogen-bond donors (Lipinski definition) is 3. The van der Waals surface area contributed by atoms with Crippen LogP contribution in [-0.2, 0) is 9.59 Å². The van der Waals surface area contributed by atoms with Crippen molar-refractivity contribution in [2.75, 3.05) is 11.9 Å². The minimum atomic E-state index is -4.52. The molecular formula is C15H15F3N2O4. The molecule has 0 spiro atoms. The molecule has 9 heteroatoms. The number of alkyl halides is 3. The van der Waals surface area contributed by atoms with Crippen LogP contribution in [0.4, 0.5) is 18.9 Å². The van der Waals surface area contributed by atoms with Gasteiger partial charge < -0.3 is 15.7 Å². The Morgan fingerprint density at radius 3 is 2.46 bits per heavy atom. The molecule has 0 aromatic heterocycles. The molecule has 0 aliphatic heterocycles. The van der Waals surface area contributed by atoms with Crippen LogP contribution in [0.5, 0.6) is 0 Å². The molecule has 1 aromatic rings. The Morgan fingerprint density at radius 2 is 1.92 bits per heavy atom. The van der Waals surface area contributed by atoms with Crippen molar-refractivity contribution < 1.29 is 32.7 Å². The van der Waals surface area contributed by atoms with Crippen LogP contribution in [0.15, 0.2) is 18.2 Å². The molecule has 0 saturated heterocycles. The molecule has 2 atom stereocenters. The van der Waals surface area contributed by atoms with Gasteiger partial charge >= 0.3 is 12.1 Å². The summed E-state index contributed by atoms with van der Waals surface area (Å²) in [4.78, 5) is 34.5. The Hall–Kier alpha value is -2.58. The Kier molecular flexibility index (Phi) is 4.81. The normalized spacial score (nSPS) is 19.5. The van der Waals surface area contributed by atoms with Gasteiger partial charge in [0, 0.05) is 11.3 Å². The second-order valence-electron chi connectivity index (χ2n) is 5.60. The van der Waals surface area contributed by atoms with Crippen LogP contribution in [-0.4, -0.2) is 35.6 Å². The highest BCUT2D eigenvalue weighted by molar-refractivity contribution is 6.00. The number of carbonyl (C=O) groups excluding carboxylic acids is 2. The average Bonchev–Trinajstić information content (AvgIpc) is 3.27. The summed E-state index contributed by atoms with van der Waals surface area (Å²) in [6.45, 7) is 0.193. The van der Waals surface area contributed by atoms with Gasteiger partial charge in [-0.05, 0) is 31.0 Å². The first-order chi connectivity index (χ1) is 11.1. The van der Waals surface area contributed by atoms with E-state index in [0.717, 1.165) is 0 Å². The zero-order valence-corrected chi connectivity index (χ0v) is 12.6. The van der Waals surface area contributed by atoms with Crippen LogP contribution in [0.25, 0.3) is 0 Å². The average molecular weight is 344 g/mol. The molecule has 3 N–H and O–H groups in total. The number of nitrogens with one attached hydrogen (secondary N) is 2. The van der Waals surface area contributed by atoms with Crippen LogP contribution in [0.3, 0.4) is 0 Å². The number of rotatable bonds is 5. The predicted octanol–water partition coefficient (Wildman–Crippen LogP) is 1.95. The number of benzene rings is 1. The molecule has 2 amide bonds. The van der Waals surface area contributed by atoms with Gasteiger partial charge in [0.1, 0.15) is 6.54 Å². The number of aryl methyl sites for hydroxylation is 1. The molecule has 24 heavy (non-hydrogen) atoms. The topological polar surface area (TPSA) is 95.5 Å². The third kappa shape index (κ3) is 4.46. The van der Waals surface area contributed by atoms with E-state index in [4.69, 9.17) is 5.11 Å². The van der Waals surface area contributed by atoms with Gasteiger partial charge in [-0.1, -0.05) is 6.07 Å². The van der Waals surface area contributed by atoms with E-state index in [1.165, 1.54) is 18.2 Å². The SMILES string of the molecule is Cc1ccc(C(=O)NCC(F)(F)F)cc1NC(=O)C1CC1C(=O)O. The maximum absolute atomic E-state index is 12.1. The van der Waals surface area contributed by atoms with Crippen molar-refractivity contribution in [2.45, 2.75) is 19.5 Å². The van der Waals surface area contributed by atoms with Gasteiger partial charge in [0.05, 0.1) is 11.8 Å². The second-order valence-corrected chi connectivity index (χ2v) is 5.60. The molecule has 2 rings (SSSR count). The third-order valence-corrected chi connectivity index (χ3v) is 3.65. The van der Waals surface area contributed by atoms with Crippen molar-refractivity contribution in [2.24, 2.45) is 11.8 Å². The van der Waals surface area contributed by atoms with Gasteiger partial charge in [0.2, 0.25) is 5.91 Å². The Labute approximate surface area is 135 Å². The first kappa shape index (κ1) is 17.8. The molecule has 1 saturated carbocycles. The van der Waals surface area contributed by atoms with Crippen LogP contribution in [0, 0.1) is 18.8 Å². The summed E-state index contributed by atoms with van der Waals surface area (Å²) in [6.07, 6.45) is -4.28. The Morgan fingerprint density at radius 1 is 1.25 bits per heavy atom. The van der Waals surface area contributed by atoms with E-state index in [-0.39, 0.29) is 17.7 Å². The number of carbonyl (C=O) groups is 3. The van der Waals surface area contributed by atoms with E-state index in [9.17, 15) is 27.6 Å². The van der Waals surface area contributed by atoms with E-state index in [1.54, 1.807) is 12.2 Å². The smallest absolute Gasteiger partial charge is 0.405 e. The largest absolute Gasteiger partial charge is 0.481 e. The standard InChI is InChI=1S/C15H15F3N2O4/c1-7-2-3-8(12(21)19-6-15(16,17)18)4-11(7)20-13(22)9-5-10(9)14(23)24/h2-4,9-10H,5-6H2,1H3,(H,19,21)(H,20,22)(H,23,24). The lowest BCUT2D eigenvalue weighted by molar-refractivity contribution is -0.139. The summed E-state index contributed by atoms with van der Waals surface area (Å²) in [5, 5.41) is 13.1. The van der Waals surface area contributed by atoms with E-state index in [1.807, 2.05) is 0 Å². The summed E-state index contributed by atoms with van der Waals surface area (Å²) in [5.74, 6) is -3.81. The molecular weight excluding hydrogens is 329 g/mol. The molecule has 1 aliphatic carbocycles. The minimum absolute atomic E-state index is 0.0364. The molecule has 130 valence electrons. The summed E-state index contributed by atoms with van der Waals surface area (Å²) < 4.78 is 36.4. The monoisotopic (exact) mass is 344 g/mol. The zero-order valence-electron chi connectivity index (χ0n) is 12.6. The van der Waals surface area contributed by atoms with Crippen molar-refractivity contribution in [3.05, 3.63) is 29.3 Å². The quantitative estimate of drug-likeness (QED) is 0.761. The van der Waals surface area contributed by atoms with Crippen molar-refractivity contribution in [1.29, 1.82) is 0 Å². The second kappa shape index (κ2) is 6.50. The summed E-state index contributed by atoms with van der Waals surface area (Å²) in [6, 6.07) is 4.09. The van der Waals surface area contributed by atoms with E-state index in [0.29, 0.717) is 5.56 Å². The van der Waals surface area contributed by atoms with Crippen LogP contribution >= 0.6 is 0 Å². The lowest BCUT2D eigenvalue weighted by atomic mass is 10.1. The lowest BCUT2D eigenvalue weighted by Crippen LogP contribution is -2.33. The molecule has 1 fully saturated rings. The van der Waals surface area contributed by atoms with E-state index < -0.39 is 42.3 Å². The van der Waals surface area contributed by atoms with Gasteiger partial charge in [0.25, 0.3) is 5.91 Å². The predicted molar refractivity (Wildman–Crippen MR) is 77.4 cm³/mol. The Balaban J connectivity index is 2.05. The number of halogens is 3. The molecule has 0 radical (unpaired) electrons. The van der Waals surface area contributed by atoms with Crippen LogP contribution in [0.2, 0.25) is 0 Å². The summed E-state index contributed by atoms with van der Waals surface area (Å²) in [7, 11) is 0. The van der Waals surface area contributed by atoms with Crippen molar-refractivity contribution >= 4 is 23.5 Å². The maximum atomic E-state index is 12.1. The van der Waals surface area contributed by atoms with Crippen molar-refractivity contribution in [3.8, 4) is 0 Å². The highest BCUT2D eigenvalue weighted by Crippen LogP contribution is 2.39. The van der Waals surface area contributed by atoms with Gasteiger partial charge in [-0.25, -0.2) is 0 Å². The first-order valence-electron chi connectivity index (χ1n) is 7.08. The molecule has 0 heterocycles. The number of carboxylic acid groups (broad SMARTS) is 1. The number of carboxylic acids is 1. The number of anilines is 1. The summed E-state index contributed by atoms with van der Waals surface area (Å²) >= 11 is 0. The van der Waals surface area contributed by atoms with Gasteiger partial charge in [0.15, 0.2) is 0 Å². The summed E-state index contributed by atoms with van der Waals surface area (Å²) in [5.41, 5.74) is 0.824. The highest BCUT2D eigenvalue weighted by atomic mass is 19.4. The molecule has 2 unspecified atom stereocenters. The first-order valence-corrected chi connectivity index (χ1v) is 7.08. The molecule has 1 aromatic carbocycles. The van der Waals surface area contributed by atoms with Crippen LogP contribution < -0.4 is 10.6 Å². The van der Waals surface area contributed by atoms with Crippen molar-refractivity contribution in [1.82, 2.24) is 5.32 Å². The third-order valence-electron chi connectivity index (χ3n) is 3.65. The van der Waals surface area contributed by atoms with Gasteiger partial charge in [-0.3, -0.25) is 14.4 Å². The fraction of sp³-hybridized carbons (Fsp3) is 0.400. The fourth-order valence-electron chi connectivity index (χ4n) is 2.16. The number of amides is 2. The minimum Gasteiger partial charge on any atom is -0.481 e. The van der Waals surface area contributed by atoms with Crippen LogP contribution in [0.1, 0.15) is 22.3 Å². The highest BCUT2D eigenvalue weighted by Gasteiger charge is 2.48. The maximum Gasteiger partial charge on any atom is 0.405 e. The molecule has 1 aliphatic rings. The van der Waals surface area contributed by atoms with E-state index in [2.05, 4.69) is 5.32 Å². The number of aliphatic carboxylic acids is 1. The van der Waals surface area contributed by atoms with Gasteiger partial charge in [-0.15, -0.1) is 0 Å². The lowest BCUT2D eigenvalue weighted by Gasteiger charge is -2.12. The fourth-order valence-corrected chi connectivity index (χ4v) is 2.16. The Bertz CT molecular complexity index is 688. The van der Waals surface area contributed by atoms with E-state index >= 15 is 0 Å².